The van der Waals surface area contributed by atoms with E-state index in [0.29, 0.717) is 0 Å². The number of hydrogen-bond acceptors (Lipinski definition) is 8. The van der Waals surface area contributed by atoms with Crippen LogP contribution in [0.2, 0.25) is 0 Å². The van der Waals surface area contributed by atoms with Crippen LogP contribution in [0.4, 0.5) is 5.82 Å². The third-order valence-electron chi connectivity index (χ3n) is 3.24. The number of aromatic nitrogens is 3. The van der Waals surface area contributed by atoms with Gasteiger partial charge in [0, 0.05) is 21.5 Å². The van der Waals surface area contributed by atoms with E-state index in [1.807, 2.05) is 6.07 Å². The number of fused-ring (bicyclic) bond motifs is 1. The molecule has 0 bridgehead atoms. The number of hydrogen-bond donors (Lipinski definition) is 2. The normalized spacial score (nSPS) is 12.7. The molecule has 9 heteroatoms. The zero-order chi connectivity index (χ0) is 16.2. The first-order valence-corrected chi connectivity index (χ1v) is 10.9. The summed E-state index contributed by atoms with van der Waals surface area (Å²) in [5.41, 5.74) is 7.02. The summed E-state index contributed by atoms with van der Waals surface area (Å²) in [5, 5.41) is 17.7. The van der Waals surface area contributed by atoms with Gasteiger partial charge >= 0.3 is 0 Å². The first-order chi connectivity index (χ1) is 11.2. The molecule has 23 heavy (non-hydrogen) atoms. The second-order valence-electron chi connectivity index (χ2n) is 5.01. The summed E-state index contributed by atoms with van der Waals surface area (Å²) in [4.78, 5) is 2.46. The van der Waals surface area contributed by atoms with Gasteiger partial charge in [-0.05, 0) is 45.3 Å². The third kappa shape index (κ3) is 4.03. The molecule has 3 N–H and O–H groups in total. The standard InChI is InChI=1S/C14H16BrN5S3/c1-21-7-8(16)5-10-11(15)12-13(23-10)14(19-20-18-12)17-6-9-3-2-4-22-9/h2-4,8H,5-7,16H2,1H3,(H,17,18,19)/t8-/m1/s1. The lowest BCUT2D eigenvalue weighted by molar-refractivity contribution is 0.756. The Labute approximate surface area is 155 Å². The van der Waals surface area contributed by atoms with Crippen LogP contribution in [0.25, 0.3) is 10.2 Å². The van der Waals surface area contributed by atoms with Crippen LogP contribution in [0.5, 0.6) is 0 Å². The monoisotopic (exact) mass is 429 g/mol. The maximum absolute atomic E-state index is 6.17. The second kappa shape index (κ2) is 7.89. The van der Waals surface area contributed by atoms with E-state index < -0.39 is 0 Å². The molecule has 3 aromatic rings. The van der Waals surface area contributed by atoms with Crippen molar-refractivity contribution < 1.29 is 0 Å². The zero-order valence-corrected chi connectivity index (χ0v) is 16.5. The molecule has 3 aromatic heterocycles. The van der Waals surface area contributed by atoms with Crippen LogP contribution in [0.1, 0.15) is 9.75 Å². The van der Waals surface area contributed by atoms with Gasteiger partial charge in [0.1, 0.15) is 10.2 Å². The molecule has 0 radical (unpaired) electrons. The van der Waals surface area contributed by atoms with Crippen molar-refractivity contribution in [1.29, 1.82) is 0 Å². The van der Waals surface area contributed by atoms with E-state index in [9.17, 15) is 0 Å². The number of nitrogens with two attached hydrogens (primary N) is 1. The van der Waals surface area contributed by atoms with Crippen molar-refractivity contribution in [2.24, 2.45) is 5.73 Å². The highest BCUT2D eigenvalue weighted by atomic mass is 79.9. The van der Waals surface area contributed by atoms with E-state index in [1.54, 1.807) is 34.4 Å². The summed E-state index contributed by atoms with van der Waals surface area (Å²) >= 11 is 8.81. The molecule has 0 saturated carbocycles. The fraction of sp³-hybridized carbons (Fsp3) is 0.357. The van der Waals surface area contributed by atoms with Crippen molar-refractivity contribution in [1.82, 2.24) is 15.4 Å². The molecule has 5 nitrogen and oxygen atoms in total. The molecule has 0 saturated heterocycles. The van der Waals surface area contributed by atoms with Gasteiger partial charge in [-0.3, -0.25) is 0 Å². The van der Waals surface area contributed by atoms with Crippen molar-refractivity contribution in [2.75, 3.05) is 17.3 Å². The lowest BCUT2D eigenvalue weighted by Crippen LogP contribution is -2.25. The number of thiophene rings is 2. The summed E-state index contributed by atoms with van der Waals surface area (Å²) in [6, 6.07) is 4.28. The molecule has 0 aromatic carbocycles. The van der Waals surface area contributed by atoms with Crippen LogP contribution in [0.15, 0.2) is 22.0 Å². The maximum Gasteiger partial charge on any atom is 0.170 e. The Hall–Kier alpha value is -0.740. The fourth-order valence-corrected chi connectivity index (χ4v) is 5.38. The SMILES string of the molecule is CSC[C@H](N)Cc1sc2c(NCc3cccs3)nnnc2c1Br. The first-order valence-electron chi connectivity index (χ1n) is 7.00. The predicted octanol–water partition coefficient (Wildman–Crippen LogP) is 3.76. The van der Waals surface area contributed by atoms with Crippen molar-refractivity contribution >= 4 is 66.4 Å². The van der Waals surface area contributed by atoms with Gasteiger partial charge in [0.2, 0.25) is 0 Å². The molecule has 3 heterocycles. The fourth-order valence-electron chi connectivity index (χ4n) is 2.20. The Bertz CT molecular complexity index is 774. The average molecular weight is 430 g/mol. The molecule has 0 fully saturated rings. The van der Waals surface area contributed by atoms with E-state index in [2.05, 4.69) is 54.4 Å². The predicted molar refractivity (Wildman–Crippen MR) is 105 cm³/mol. The highest BCUT2D eigenvalue weighted by molar-refractivity contribution is 9.10. The number of rotatable bonds is 7. The highest BCUT2D eigenvalue weighted by Gasteiger charge is 2.17. The highest BCUT2D eigenvalue weighted by Crippen LogP contribution is 2.37. The zero-order valence-electron chi connectivity index (χ0n) is 12.5. The second-order valence-corrected chi connectivity index (χ2v) is 8.85. The van der Waals surface area contributed by atoms with Gasteiger partial charge in [0.25, 0.3) is 0 Å². The topological polar surface area (TPSA) is 76.7 Å². The van der Waals surface area contributed by atoms with Crippen LogP contribution < -0.4 is 11.1 Å². The Morgan fingerprint density at radius 1 is 1.43 bits per heavy atom. The summed E-state index contributed by atoms with van der Waals surface area (Å²) in [5.74, 6) is 1.72. The molecule has 0 aliphatic carbocycles. The number of thioether (sulfide) groups is 1. The molecule has 122 valence electrons. The van der Waals surface area contributed by atoms with E-state index >= 15 is 0 Å². The molecule has 0 aliphatic heterocycles. The Morgan fingerprint density at radius 3 is 3.04 bits per heavy atom. The summed E-state index contributed by atoms with van der Waals surface area (Å²) in [7, 11) is 0. The quantitative estimate of drug-likeness (QED) is 0.595. The molecular formula is C14H16BrN5S3. The van der Waals surface area contributed by atoms with Gasteiger partial charge in [-0.2, -0.15) is 11.8 Å². The van der Waals surface area contributed by atoms with Crippen molar-refractivity contribution in [2.45, 2.75) is 19.0 Å². The van der Waals surface area contributed by atoms with Gasteiger partial charge in [-0.25, -0.2) is 0 Å². The van der Waals surface area contributed by atoms with Crippen molar-refractivity contribution in [3.8, 4) is 0 Å². The molecule has 0 amide bonds. The van der Waals surface area contributed by atoms with Gasteiger partial charge in [-0.1, -0.05) is 6.07 Å². The molecule has 0 unspecified atom stereocenters. The summed E-state index contributed by atoms with van der Waals surface area (Å²) in [6.07, 6.45) is 2.90. The van der Waals surface area contributed by atoms with Crippen molar-refractivity contribution in [3.05, 3.63) is 31.7 Å². The van der Waals surface area contributed by atoms with Crippen LogP contribution in [0.3, 0.4) is 0 Å². The Balaban J connectivity index is 1.85. The van der Waals surface area contributed by atoms with Gasteiger partial charge in [-0.15, -0.1) is 32.9 Å². The van der Waals surface area contributed by atoms with E-state index in [4.69, 9.17) is 5.73 Å². The van der Waals surface area contributed by atoms with Crippen LogP contribution in [-0.2, 0) is 13.0 Å². The third-order valence-corrected chi connectivity index (χ3v) is 7.20. The van der Waals surface area contributed by atoms with Crippen LogP contribution >= 0.6 is 50.4 Å². The molecular weight excluding hydrogens is 414 g/mol. The van der Waals surface area contributed by atoms with E-state index in [1.165, 1.54) is 9.75 Å². The average Bonchev–Trinajstić information content (AvgIpc) is 3.15. The molecule has 0 spiro atoms. The minimum absolute atomic E-state index is 0.137. The summed E-state index contributed by atoms with van der Waals surface area (Å²) < 4.78 is 2.01. The largest absolute Gasteiger partial charge is 0.362 e. The number of nitrogens with zero attached hydrogens (tertiary/aromatic N) is 3. The Kier molecular flexibility index (Phi) is 5.86. The lowest BCUT2D eigenvalue weighted by atomic mass is 10.2. The molecule has 3 rings (SSSR count). The van der Waals surface area contributed by atoms with E-state index in [-0.39, 0.29) is 6.04 Å². The summed E-state index contributed by atoms with van der Waals surface area (Å²) in [6.45, 7) is 0.738. The lowest BCUT2D eigenvalue weighted by Gasteiger charge is -2.07. The molecule has 1 atom stereocenters. The van der Waals surface area contributed by atoms with Crippen LogP contribution in [-0.4, -0.2) is 33.5 Å². The van der Waals surface area contributed by atoms with Crippen molar-refractivity contribution in [3.63, 3.8) is 0 Å². The maximum atomic E-state index is 6.17. The minimum Gasteiger partial charge on any atom is -0.362 e. The number of nitrogens with one attached hydrogen (secondary N) is 1. The number of anilines is 1. The Morgan fingerprint density at radius 2 is 2.30 bits per heavy atom. The smallest absolute Gasteiger partial charge is 0.170 e. The van der Waals surface area contributed by atoms with Gasteiger partial charge < -0.3 is 11.1 Å². The molecule has 0 aliphatic rings. The van der Waals surface area contributed by atoms with Crippen LogP contribution in [0, 0.1) is 0 Å². The van der Waals surface area contributed by atoms with Gasteiger partial charge in [0.05, 0.1) is 11.0 Å². The van der Waals surface area contributed by atoms with Gasteiger partial charge in [0.15, 0.2) is 5.82 Å². The van der Waals surface area contributed by atoms with E-state index in [0.717, 1.165) is 39.2 Å². The number of halogens is 1. The first kappa shape index (κ1) is 17.1. The minimum atomic E-state index is 0.137.